The summed E-state index contributed by atoms with van der Waals surface area (Å²) >= 11 is 0. The van der Waals surface area contributed by atoms with E-state index in [1.54, 1.807) is 0 Å². The van der Waals surface area contributed by atoms with Crippen LogP contribution >= 0.6 is 0 Å². The molecule has 0 saturated carbocycles. The first-order valence-corrected chi connectivity index (χ1v) is 21.5. The summed E-state index contributed by atoms with van der Waals surface area (Å²) in [6.45, 7) is 9.46. The fourth-order valence-corrected chi connectivity index (χ4v) is 10.1. The van der Waals surface area contributed by atoms with Crippen molar-refractivity contribution >= 4 is 17.1 Å². The molecule has 0 amide bonds. The lowest BCUT2D eigenvalue weighted by molar-refractivity contribution is 0.660. The monoisotopic (exact) mass is 781 g/mol. The fourth-order valence-electron chi connectivity index (χ4n) is 10.1. The van der Waals surface area contributed by atoms with Crippen LogP contribution in [0.5, 0.6) is 0 Å². The Morgan fingerprint density at radius 3 is 1.11 bits per heavy atom. The minimum atomic E-state index is -0.176. The number of fused-ring (bicyclic) bond motifs is 6. The van der Waals surface area contributed by atoms with Gasteiger partial charge >= 0.3 is 0 Å². The van der Waals surface area contributed by atoms with Crippen molar-refractivity contribution < 1.29 is 0 Å². The second-order valence-corrected chi connectivity index (χ2v) is 17.8. The van der Waals surface area contributed by atoms with Gasteiger partial charge in [-0.2, -0.15) is 0 Å². The average Bonchev–Trinajstić information content (AvgIpc) is 3.68. The van der Waals surface area contributed by atoms with Crippen molar-refractivity contribution in [2.45, 2.75) is 38.5 Å². The second-order valence-electron chi connectivity index (χ2n) is 17.8. The number of hydrogen-bond acceptors (Lipinski definition) is 1. The summed E-state index contributed by atoms with van der Waals surface area (Å²) in [7, 11) is 0. The van der Waals surface area contributed by atoms with Crippen molar-refractivity contribution in [3.63, 3.8) is 0 Å². The first kappa shape index (κ1) is 36.8. The van der Waals surface area contributed by atoms with Gasteiger partial charge in [0.15, 0.2) is 0 Å². The number of hydrogen-bond donors (Lipinski definition) is 0. The summed E-state index contributed by atoms with van der Waals surface area (Å²) in [6.07, 6.45) is 0. The van der Waals surface area contributed by atoms with Crippen molar-refractivity contribution in [2.24, 2.45) is 0 Å². The van der Waals surface area contributed by atoms with Crippen LogP contribution in [-0.2, 0) is 10.8 Å². The van der Waals surface area contributed by atoms with E-state index in [0.29, 0.717) is 0 Å². The molecule has 0 saturated heterocycles. The summed E-state index contributed by atoms with van der Waals surface area (Å²) in [6, 6.07) is 78.4. The minimum absolute atomic E-state index is 0.0304. The van der Waals surface area contributed by atoms with E-state index in [2.05, 4.69) is 245 Å². The molecule has 1 heteroatoms. The molecule has 0 spiro atoms. The highest BCUT2D eigenvalue weighted by molar-refractivity contribution is 5.88. The van der Waals surface area contributed by atoms with Gasteiger partial charge in [0.1, 0.15) is 0 Å². The molecule has 2 aliphatic carbocycles. The van der Waals surface area contributed by atoms with E-state index in [9.17, 15) is 0 Å². The molecular weight excluding hydrogens is 735 g/mol. The molecule has 0 N–H and O–H groups in total. The van der Waals surface area contributed by atoms with Crippen LogP contribution in [0.1, 0.15) is 49.9 Å². The molecule has 0 atom stereocenters. The molecule has 9 aromatic rings. The molecule has 1 nitrogen and oxygen atoms in total. The Kier molecular flexibility index (Phi) is 8.58. The molecule has 11 rings (SSSR count). The van der Waals surface area contributed by atoms with E-state index in [4.69, 9.17) is 0 Å². The molecule has 61 heavy (non-hydrogen) atoms. The van der Waals surface area contributed by atoms with E-state index in [1.807, 2.05) is 0 Å². The Labute approximate surface area is 360 Å². The van der Waals surface area contributed by atoms with E-state index < -0.39 is 0 Å². The average molecular weight is 782 g/mol. The van der Waals surface area contributed by atoms with Gasteiger partial charge in [0, 0.05) is 27.9 Å². The lowest BCUT2D eigenvalue weighted by Gasteiger charge is -2.28. The molecule has 2 aliphatic rings. The Morgan fingerprint density at radius 2 is 0.574 bits per heavy atom. The number of rotatable bonds is 7. The molecule has 9 aromatic carbocycles. The van der Waals surface area contributed by atoms with Gasteiger partial charge in [0.05, 0.1) is 0 Å². The largest absolute Gasteiger partial charge is 0.310 e. The first-order valence-electron chi connectivity index (χ1n) is 21.5. The topological polar surface area (TPSA) is 3.24 Å². The van der Waals surface area contributed by atoms with Crippen molar-refractivity contribution in [3.05, 3.63) is 235 Å². The van der Waals surface area contributed by atoms with Crippen molar-refractivity contribution in [2.75, 3.05) is 4.90 Å². The molecule has 0 heterocycles. The highest BCUT2D eigenvalue weighted by Crippen LogP contribution is 2.52. The van der Waals surface area contributed by atoms with Crippen LogP contribution in [0.15, 0.2) is 212 Å². The Hall–Kier alpha value is -7.22. The number of para-hydroxylation sites is 1. The highest BCUT2D eigenvalue weighted by Gasteiger charge is 2.37. The van der Waals surface area contributed by atoms with E-state index in [1.165, 1.54) is 89.0 Å². The normalized spacial score (nSPS) is 13.8. The van der Waals surface area contributed by atoms with Crippen LogP contribution < -0.4 is 4.90 Å². The minimum Gasteiger partial charge on any atom is -0.310 e. The van der Waals surface area contributed by atoms with Crippen molar-refractivity contribution in [1.82, 2.24) is 0 Å². The van der Waals surface area contributed by atoms with Gasteiger partial charge in [-0.05, 0) is 138 Å². The number of benzene rings is 9. The van der Waals surface area contributed by atoms with Gasteiger partial charge in [-0.1, -0.05) is 191 Å². The summed E-state index contributed by atoms with van der Waals surface area (Å²) in [5, 5.41) is 0. The van der Waals surface area contributed by atoms with Crippen LogP contribution in [0, 0.1) is 0 Å². The van der Waals surface area contributed by atoms with E-state index >= 15 is 0 Å². The molecule has 0 radical (unpaired) electrons. The summed E-state index contributed by atoms with van der Waals surface area (Å²) in [4.78, 5) is 2.40. The van der Waals surface area contributed by atoms with Crippen LogP contribution in [0.2, 0.25) is 0 Å². The molecular formula is C60H47N. The van der Waals surface area contributed by atoms with Gasteiger partial charge in [-0.3, -0.25) is 0 Å². The summed E-state index contributed by atoms with van der Waals surface area (Å²) < 4.78 is 0. The van der Waals surface area contributed by atoms with Crippen LogP contribution in [0.3, 0.4) is 0 Å². The SMILES string of the molecule is CC1(C)c2ccccc2-c2ccc(-c3ccc(N(c4ccccc4)c4ccc5c(c4)C(C)(C)c4cc(-c6ccc(-c7ccc(-c8ccccc8)cc7)cc6)ccc4-5)cc3)cc21. The van der Waals surface area contributed by atoms with Crippen LogP contribution in [-0.4, -0.2) is 0 Å². The standard InChI is InChI=1S/C60H47N/c1-59(2)55-18-12-11-17-51(55)52-34-29-47(37-56(52)59)45-27-31-49(32-28-45)61(48-15-9-6-10-16-48)50-33-36-54-53-35-30-46(38-57(53)60(3,4)58(54)39-50)44-25-23-43(24-26-44)42-21-19-41(20-22-42)40-13-7-5-8-14-40/h5-39H,1-4H3. The Bertz CT molecular complexity index is 3080. The third kappa shape index (κ3) is 6.15. The Balaban J connectivity index is 0.885. The smallest absolute Gasteiger partial charge is 0.0465 e. The van der Waals surface area contributed by atoms with Gasteiger partial charge in [0.25, 0.3) is 0 Å². The van der Waals surface area contributed by atoms with E-state index in [-0.39, 0.29) is 10.8 Å². The molecule has 0 bridgehead atoms. The first-order chi connectivity index (χ1) is 29.7. The zero-order valence-electron chi connectivity index (χ0n) is 35.2. The van der Waals surface area contributed by atoms with Gasteiger partial charge in [-0.25, -0.2) is 0 Å². The van der Waals surface area contributed by atoms with Crippen molar-refractivity contribution in [3.8, 4) is 66.8 Å². The third-order valence-corrected chi connectivity index (χ3v) is 13.5. The maximum absolute atomic E-state index is 2.42. The zero-order chi connectivity index (χ0) is 41.3. The quantitative estimate of drug-likeness (QED) is 0.156. The molecule has 0 fully saturated rings. The lowest BCUT2D eigenvalue weighted by atomic mass is 9.81. The maximum Gasteiger partial charge on any atom is 0.0465 e. The van der Waals surface area contributed by atoms with E-state index in [0.717, 1.165) is 17.1 Å². The number of anilines is 3. The van der Waals surface area contributed by atoms with Crippen molar-refractivity contribution in [1.29, 1.82) is 0 Å². The lowest BCUT2D eigenvalue weighted by Crippen LogP contribution is -2.16. The Morgan fingerprint density at radius 1 is 0.246 bits per heavy atom. The molecule has 0 aliphatic heterocycles. The highest BCUT2D eigenvalue weighted by atomic mass is 15.1. The summed E-state index contributed by atoms with van der Waals surface area (Å²) in [5.74, 6) is 0. The predicted octanol–water partition coefficient (Wildman–Crippen LogP) is 16.4. The zero-order valence-corrected chi connectivity index (χ0v) is 35.2. The van der Waals surface area contributed by atoms with Crippen LogP contribution in [0.4, 0.5) is 17.1 Å². The van der Waals surface area contributed by atoms with Gasteiger partial charge < -0.3 is 4.90 Å². The molecule has 0 unspecified atom stereocenters. The second kappa shape index (κ2) is 14.2. The summed E-state index contributed by atoms with van der Waals surface area (Å²) in [5.41, 5.74) is 24.0. The molecule has 292 valence electrons. The number of nitrogens with zero attached hydrogens (tertiary/aromatic N) is 1. The third-order valence-electron chi connectivity index (χ3n) is 13.5. The molecule has 0 aromatic heterocycles. The van der Waals surface area contributed by atoms with Crippen LogP contribution in [0.25, 0.3) is 66.8 Å². The fraction of sp³-hybridized carbons (Fsp3) is 0.100. The predicted molar refractivity (Wildman–Crippen MR) is 258 cm³/mol. The van der Waals surface area contributed by atoms with Gasteiger partial charge in [0.2, 0.25) is 0 Å². The maximum atomic E-state index is 2.42. The van der Waals surface area contributed by atoms with Gasteiger partial charge in [-0.15, -0.1) is 0 Å².